The van der Waals surface area contributed by atoms with Crippen LogP contribution in [0.1, 0.15) is 0 Å². The Morgan fingerprint density at radius 3 is 2.19 bits per heavy atom. The Bertz CT molecular complexity index is 1560. The zero-order valence-electron chi connectivity index (χ0n) is 19.0. The molecule has 0 spiro atoms. The van der Waals surface area contributed by atoms with Crippen LogP contribution in [-0.2, 0) is 34.3 Å². The van der Waals surface area contributed by atoms with Crippen molar-refractivity contribution in [3.8, 4) is 5.75 Å². The highest BCUT2D eigenvalue weighted by Crippen LogP contribution is 2.39. The third-order valence-corrected chi connectivity index (χ3v) is 7.04. The van der Waals surface area contributed by atoms with Crippen LogP contribution < -0.4 is 15.8 Å². The molecule has 3 rings (SSSR count). The highest BCUT2D eigenvalue weighted by atomic mass is 32.2. The van der Waals surface area contributed by atoms with E-state index in [1.165, 1.54) is 26.4 Å². The molecule has 3 aromatic rings. The van der Waals surface area contributed by atoms with Crippen LogP contribution in [0.25, 0.3) is 10.8 Å². The summed E-state index contributed by atoms with van der Waals surface area (Å²) in [5, 5.41) is 22.2. The number of nitrogens with two attached hydrogens (primary N) is 1. The summed E-state index contributed by atoms with van der Waals surface area (Å²) < 4.78 is 82.5. The van der Waals surface area contributed by atoms with E-state index in [2.05, 4.69) is 24.9 Å². The van der Waals surface area contributed by atoms with Gasteiger partial charge in [0.2, 0.25) is 0 Å². The molecule has 0 aliphatic rings. The normalized spacial score (nSPS) is 12.4. The van der Waals surface area contributed by atoms with Gasteiger partial charge in [0, 0.05) is 28.8 Å². The molecule has 0 fully saturated rings. The quantitative estimate of drug-likeness (QED) is 0.0416. The minimum atomic E-state index is -4.95. The summed E-state index contributed by atoms with van der Waals surface area (Å²) in [7, 11) is -7.04. The second-order valence-corrected chi connectivity index (χ2v) is 10.6. The molecule has 0 radical (unpaired) electrons. The molecule has 0 saturated heterocycles. The molecule has 15 nitrogen and oxygen atoms in total. The van der Waals surface area contributed by atoms with Gasteiger partial charge in [-0.1, -0.05) is 5.04 Å². The van der Waals surface area contributed by atoms with Gasteiger partial charge in [-0.15, -0.1) is 9.45 Å². The number of anilines is 2. The van der Waals surface area contributed by atoms with E-state index in [4.69, 9.17) is 20.5 Å². The number of nitrogens with zero attached hydrogens (tertiary/aromatic N) is 2. The van der Waals surface area contributed by atoms with Gasteiger partial charge >= 0.3 is 0 Å². The predicted octanol–water partition coefficient (Wildman–Crippen LogP) is 3.78. The highest BCUT2D eigenvalue weighted by Gasteiger charge is 2.23. The lowest BCUT2D eigenvalue weighted by Gasteiger charge is -2.12. The molecule has 0 aliphatic heterocycles. The van der Waals surface area contributed by atoms with Crippen molar-refractivity contribution in [3.63, 3.8) is 0 Å². The lowest BCUT2D eigenvalue weighted by Crippen LogP contribution is -2.04. The first-order valence-electron chi connectivity index (χ1n) is 9.72. The minimum Gasteiger partial charge on any atom is -0.495 e. The molecular weight excluding hydrogens is 556 g/mol. The Hall–Kier alpha value is -3.07. The van der Waals surface area contributed by atoms with Crippen molar-refractivity contribution in [1.82, 2.24) is 0 Å². The molecule has 37 heavy (non-hydrogen) atoms. The maximum absolute atomic E-state index is 12.2. The van der Waals surface area contributed by atoms with Gasteiger partial charge in [-0.25, -0.2) is 5.26 Å². The first-order valence-corrected chi connectivity index (χ1v) is 13.3. The number of rotatable bonds is 11. The average Bonchev–Trinajstić information content (AvgIpc) is 2.83. The second-order valence-electron chi connectivity index (χ2n) is 7.06. The molecule has 0 heterocycles. The fraction of sp³-hybridized carbons (Fsp3) is 0.158. The number of nitrogen functional groups attached to an aromatic ring is 1. The molecule has 0 saturated carbocycles. The molecule has 0 atom stereocenters. The zero-order chi connectivity index (χ0) is 27.4. The summed E-state index contributed by atoms with van der Waals surface area (Å²) in [6.07, 6.45) is 0. The summed E-state index contributed by atoms with van der Waals surface area (Å²) in [5.41, 5.74) is 6.58. The molecule has 200 valence electrons. The van der Waals surface area contributed by atoms with E-state index < -0.39 is 30.0 Å². The van der Waals surface area contributed by atoms with Crippen LogP contribution in [0.5, 0.6) is 5.75 Å². The molecule has 3 aromatic carbocycles. The molecule has 0 bridgehead atoms. The number of hydrogen-bond donors (Lipinski definition) is 5. The van der Waals surface area contributed by atoms with Gasteiger partial charge in [0.05, 0.1) is 36.2 Å². The fourth-order valence-corrected chi connectivity index (χ4v) is 5.15. The van der Waals surface area contributed by atoms with E-state index in [1.54, 1.807) is 0 Å². The minimum absolute atomic E-state index is 0.0836. The topological polar surface area (TPSA) is 229 Å². The van der Waals surface area contributed by atoms with Gasteiger partial charge in [-0.05, 0) is 30.3 Å². The van der Waals surface area contributed by atoms with Crippen LogP contribution in [0.15, 0.2) is 61.3 Å². The van der Waals surface area contributed by atoms with E-state index in [1.807, 2.05) is 0 Å². The van der Waals surface area contributed by atoms with Gasteiger partial charge < -0.3 is 20.5 Å². The monoisotopic (exact) mass is 576 g/mol. The van der Waals surface area contributed by atoms with Crippen molar-refractivity contribution in [2.75, 3.05) is 32.0 Å². The Labute approximate surface area is 214 Å². The van der Waals surface area contributed by atoms with Crippen molar-refractivity contribution in [3.05, 3.63) is 36.4 Å². The molecule has 18 heteroatoms. The van der Waals surface area contributed by atoms with Crippen LogP contribution in [0, 0.1) is 0 Å². The number of fused-ring (bicyclic) bond motifs is 1. The third kappa shape index (κ3) is 6.83. The number of azo groups is 1. The molecule has 6 N–H and O–H groups in total. The van der Waals surface area contributed by atoms with Crippen LogP contribution in [0.2, 0.25) is 0 Å². The fourth-order valence-electron chi connectivity index (χ4n) is 3.19. The standard InChI is InChI=1S/C19H20N4O11S3/c1-31-9-21-15-7-14(20)17(32-2)8-16(15)23-22-10-3-12-13(18(4-10)36(25,26)27)5-11(35-34-33-24)6-19(12)37(28,29)30/h3-8,21,24H,9,20H2,1-2H3,(H,25,26,27)(H,28,29,30). The smallest absolute Gasteiger partial charge is 0.295 e. The van der Waals surface area contributed by atoms with Gasteiger partial charge in [0.1, 0.15) is 28.0 Å². The zero-order valence-corrected chi connectivity index (χ0v) is 21.4. The summed E-state index contributed by atoms with van der Waals surface area (Å²) in [5.74, 6) is 0.266. The van der Waals surface area contributed by atoms with Crippen molar-refractivity contribution in [2.24, 2.45) is 10.2 Å². The van der Waals surface area contributed by atoms with Crippen molar-refractivity contribution >= 4 is 65.8 Å². The van der Waals surface area contributed by atoms with Crippen LogP contribution in [-0.4, -0.2) is 52.1 Å². The van der Waals surface area contributed by atoms with E-state index in [9.17, 15) is 25.9 Å². The SMILES string of the molecule is COCNc1cc(N)c(OC)cc1N=Nc1cc(S(=O)(=O)O)c2cc(SOOO)cc(S(=O)(=O)O)c2c1. The van der Waals surface area contributed by atoms with Gasteiger partial charge in [0.15, 0.2) is 0 Å². The number of ether oxygens (including phenoxy) is 2. The Morgan fingerprint density at radius 1 is 0.946 bits per heavy atom. The van der Waals surface area contributed by atoms with Crippen LogP contribution >= 0.6 is 12.0 Å². The number of hydrogen-bond acceptors (Lipinski definition) is 14. The Morgan fingerprint density at radius 2 is 1.59 bits per heavy atom. The lowest BCUT2D eigenvalue weighted by molar-refractivity contribution is -0.432. The summed E-state index contributed by atoms with van der Waals surface area (Å²) >= 11 is 0.304. The molecular formula is C19H20N4O11S3. The third-order valence-electron chi connectivity index (χ3n) is 4.70. The number of benzene rings is 3. The van der Waals surface area contributed by atoms with Gasteiger partial charge in [-0.3, -0.25) is 9.11 Å². The van der Waals surface area contributed by atoms with E-state index >= 15 is 0 Å². The molecule has 0 aromatic heterocycles. The first-order chi connectivity index (χ1) is 17.4. The molecule has 0 amide bonds. The highest BCUT2D eigenvalue weighted by molar-refractivity contribution is 7.94. The Kier molecular flexibility index (Phi) is 8.89. The summed E-state index contributed by atoms with van der Waals surface area (Å²) in [4.78, 5) is -1.59. The van der Waals surface area contributed by atoms with Crippen molar-refractivity contribution < 1.29 is 50.0 Å². The first kappa shape index (κ1) is 28.5. The second kappa shape index (κ2) is 11.5. The van der Waals surface area contributed by atoms with Crippen molar-refractivity contribution in [2.45, 2.75) is 14.7 Å². The van der Waals surface area contributed by atoms with Gasteiger partial charge in [0.25, 0.3) is 20.2 Å². The lowest BCUT2D eigenvalue weighted by atomic mass is 10.1. The van der Waals surface area contributed by atoms with Crippen molar-refractivity contribution in [1.29, 1.82) is 0 Å². The maximum atomic E-state index is 12.2. The van der Waals surface area contributed by atoms with Crippen LogP contribution in [0.3, 0.4) is 0 Å². The molecule has 0 unspecified atom stereocenters. The summed E-state index contributed by atoms with van der Waals surface area (Å²) in [6, 6.07) is 7.06. The predicted molar refractivity (Wildman–Crippen MR) is 131 cm³/mol. The van der Waals surface area contributed by atoms with Gasteiger partial charge in [-0.2, -0.15) is 21.9 Å². The Balaban J connectivity index is 2.26. The van der Waals surface area contributed by atoms with Crippen LogP contribution in [0.4, 0.5) is 22.7 Å². The average molecular weight is 577 g/mol. The maximum Gasteiger partial charge on any atom is 0.295 e. The number of methoxy groups -OCH3 is 2. The van der Waals surface area contributed by atoms with E-state index in [0.717, 1.165) is 24.3 Å². The summed E-state index contributed by atoms with van der Waals surface area (Å²) in [6.45, 7) is 0.0836. The van der Waals surface area contributed by atoms with E-state index in [-0.39, 0.29) is 45.2 Å². The largest absolute Gasteiger partial charge is 0.495 e. The van der Waals surface area contributed by atoms with E-state index in [0.29, 0.717) is 17.7 Å². The number of nitrogens with one attached hydrogen (secondary N) is 1. The molecule has 0 aliphatic carbocycles.